The van der Waals surface area contributed by atoms with Gasteiger partial charge in [-0.1, -0.05) is 19.1 Å². The first-order valence-corrected chi connectivity index (χ1v) is 9.65. The number of anilines is 1. The summed E-state index contributed by atoms with van der Waals surface area (Å²) in [6.45, 7) is 7.73. The highest BCUT2D eigenvalue weighted by Crippen LogP contribution is 2.33. The molecule has 6 nitrogen and oxygen atoms in total. The first kappa shape index (κ1) is 18.1. The fourth-order valence-corrected chi connectivity index (χ4v) is 3.62. The van der Waals surface area contributed by atoms with Crippen LogP contribution < -0.4 is 19.7 Å². The van der Waals surface area contributed by atoms with E-state index in [1.807, 2.05) is 18.3 Å². The highest BCUT2D eigenvalue weighted by atomic mass is 16.7. The van der Waals surface area contributed by atoms with Crippen LogP contribution in [0.1, 0.15) is 18.1 Å². The molecule has 1 N–H and O–H groups in total. The van der Waals surface area contributed by atoms with Crippen molar-refractivity contribution >= 4 is 5.82 Å². The van der Waals surface area contributed by atoms with Gasteiger partial charge in [0, 0.05) is 31.4 Å². The van der Waals surface area contributed by atoms with Crippen molar-refractivity contribution in [2.45, 2.75) is 19.9 Å². The molecule has 1 aromatic carbocycles. The Morgan fingerprint density at radius 2 is 2.00 bits per heavy atom. The number of fused-ring (bicyclic) bond motifs is 1. The second-order valence-electron chi connectivity index (χ2n) is 7.21. The van der Waals surface area contributed by atoms with Crippen molar-refractivity contribution in [1.29, 1.82) is 0 Å². The van der Waals surface area contributed by atoms with E-state index in [-0.39, 0.29) is 0 Å². The van der Waals surface area contributed by atoms with E-state index in [0.29, 0.717) is 12.7 Å². The number of benzene rings is 1. The molecular weight excluding hydrogens is 342 g/mol. The maximum Gasteiger partial charge on any atom is 0.231 e. The Labute approximate surface area is 160 Å². The van der Waals surface area contributed by atoms with Crippen LogP contribution in [-0.4, -0.2) is 44.6 Å². The Morgan fingerprint density at radius 3 is 2.89 bits per heavy atom. The van der Waals surface area contributed by atoms with Gasteiger partial charge in [0.2, 0.25) is 6.79 Å². The van der Waals surface area contributed by atoms with Gasteiger partial charge in [0.15, 0.2) is 11.5 Å². The fraction of sp³-hybridized carbons (Fsp3) is 0.476. The van der Waals surface area contributed by atoms with Crippen LogP contribution in [0.3, 0.4) is 0 Å². The molecule has 1 saturated heterocycles. The quantitative estimate of drug-likeness (QED) is 0.810. The Hall–Kier alpha value is -2.31. The van der Waals surface area contributed by atoms with Crippen LogP contribution in [0.15, 0.2) is 36.5 Å². The summed E-state index contributed by atoms with van der Waals surface area (Å²) < 4.78 is 16.3. The van der Waals surface area contributed by atoms with Crippen molar-refractivity contribution < 1.29 is 14.2 Å². The zero-order valence-corrected chi connectivity index (χ0v) is 15.8. The molecule has 0 bridgehead atoms. The molecule has 0 aliphatic carbocycles. The van der Waals surface area contributed by atoms with Crippen molar-refractivity contribution in [1.82, 2.24) is 10.3 Å². The largest absolute Gasteiger partial charge is 0.454 e. The molecule has 3 heterocycles. The van der Waals surface area contributed by atoms with Crippen LogP contribution in [0, 0.1) is 5.92 Å². The summed E-state index contributed by atoms with van der Waals surface area (Å²) in [5.41, 5.74) is 2.53. The molecule has 144 valence electrons. The number of rotatable bonds is 7. The normalized spacial score (nSPS) is 17.1. The van der Waals surface area contributed by atoms with Gasteiger partial charge < -0.3 is 24.4 Å². The van der Waals surface area contributed by atoms with Crippen LogP contribution in [0.2, 0.25) is 0 Å². The van der Waals surface area contributed by atoms with E-state index in [0.717, 1.165) is 63.1 Å². The summed E-state index contributed by atoms with van der Waals surface area (Å²) >= 11 is 0. The number of ether oxygens (including phenoxy) is 3. The van der Waals surface area contributed by atoms with Gasteiger partial charge in [0.25, 0.3) is 0 Å². The Bertz CT molecular complexity index is 762. The molecule has 0 spiro atoms. The van der Waals surface area contributed by atoms with Crippen LogP contribution in [0.5, 0.6) is 11.5 Å². The summed E-state index contributed by atoms with van der Waals surface area (Å²) in [5, 5.41) is 3.60. The van der Waals surface area contributed by atoms with E-state index >= 15 is 0 Å². The van der Waals surface area contributed by atoms with Gasteiger partial charge >= 0.3 is 0 Å². The van der Waals surface area contributed by atoms with Crippen molar-refractivity contribution in [2.75, 3.05) is 44.5 Å². The van der Waals surface area contributed by atoms with Gasteiger partial charge in [-0.15, -0.1) is 0 Å². The summed E-state index contributed by atoms with van der Waals surface area (Å²) in [7, 11) is 0. The molecule has 0 saturated carbocycles. The average Bonchev–Trinajstić information content (AvgIpc) is 3.17. The first-order chi connectivity index (χ1) is 13.3. The van der Waals surface area contributed by atoms with Crippen LogP contribution in [-0.2, 0) is 17.7 Å². The van der Waals surface area contributed by atoms with Gasteiger partial charge in [0.1, 0.15) is 5.82 Å². The number of hydrogen-bond donors (Lipinski definition) is 1. The molecule has 0 amide bonds. The summed E-state index contributed by atoms with van der Waals surface area (Å²) in [6.07, 6.45) is 2.88. The van der Waals surface area contributed by atoms with Gasteiger partial charge in [-0.3, -0.25) is 0 Å². The molecular formula is C21H27N3O3. The minimum Gasteiger partial charge on any atom is -0.454 e. The van der Waals surface area contributed by atoms with E-state index in [1.165, 1.54) is 11.1 Å². The van der Waals surface area contributed by atoms with Gasteiger partial charge in [-0.25, -0.2) is 4.98 Å². The van der Waals surface area contributed by atoms with Gasteiger partial charge in [0.05, 0.1) is 13.2 Å². The zero-order chi connectivity index (χ0) is 18.5. The molecule has 4 rings (SSSR count). The van der Waals surface area contributed by atoms with Crippen molar-refractivity contribution in [3.05, 3.63) is 47.7 Å². The number of pyridine rings is 1. The highest BCUT2D eigenvalue weighted by Gasteiger charge is 2.16. The third-order valence-corrected chi connectivity index (χ3v) is 5.01. The molecule has 6 heteroatoms. The van der Waals surface area contributed by atoms with Gasteiger partial charge in [-0.2, -0.15) is 0 Å². The number of nitrogens with zero attached hydrogens (tertiary/aromatic N) is 2. The van der Waals surface area contributed by atoms with Crippen molar-refractivity contribution in [2.24, 2.45) is 5.92 Å². The number of nitrogens with one attached hydrogen (secondary N) is 1. The fourth-order valence-electron chi connectivity index (χ4n) is 3.62. The molecule has 0 radical (unpaired) electrons. The van der Waals surface area contributed by atoms with Gasteiger partial charge in [-0.05, 0) is 42.6 Å². The second-order valence-corrected chi connectivity index (χ2v) is 7.21. The topological polar surface area (TPSA) is 55.9 Å². The van der Waals surface area contributed by atoms with E-state index < -0.39 is 0 Å². The van der Waals surface area contributed by atoms with E-state index in [1.54, 1.807) is 0 Å². The molecule has 2 aromatic rings. The Morgan fingerprint density at radius 1 is 1.15 bits per heavy atom. The Balaban J connectivity index is 1.29. The first-order valence-electron chi connectivity index (χ1n) is 9.65. The lowest BCUT2D eigenvalue weighted by atomic mass is 10.0. The molecule has 1 aromatic heterocycles. The van der Waals surface area contributed by atoms with Crippen LogP contribution >= 0.6 is 0 Å². The second kappa shape index (κ2) is 8.59. The van der Waals surface area contributed by atoms with E-state index in [4.69, 9.17) is 14.2 Å². The zero-order valence-electron chi connectivity index (χ0n) is 15.8. The number of hydrogen-bond acceptors (Lipinski definition) is 6. The predicted molar refractivity (Wildman–Crippen MR) is 104 cm³/mol. The maximum atomic E-state index is 5.47. The monoisotopic (exact) mass is 369 g/mol. The SMILES string of the molecule is C[C@@H](CNCc1cccnc1N1CCOCC1)Cc1ccc2c(c1)OCO2. The number of morpholine rings is 1. The summed E-state index contributed by atoms with van der Waals surface area (Å²) in [6, 6.07) is 10.4. The molecule has 2 aliphatic heterocycles. The minimum atomic E-state index is 0.326. The summed E-state index contributed by atoms with van der Waals surface area (Å²) in [5.74, 6) is 3.31. The van der Waals surface area contributed by atoms with Crippen LogP contribution in [0.25, 0.3) is 0 Å². The third kappa shape index (κ3) is 4.51. The molecule has 1 atom stereocenters. The molecule has 1 fully saturated rings. The third-order valence-electron chi connectivity index (χ3n) is 5.01. The van der Waals surface area contributed by atoms with E-state index in [2.05, 4.69) is 40.3 Å². The lowest BCUT2D eigenvalue weighted by Crippen LogP contribution is -2.37. The Kier molecular flexibility index (Phi) is 5.75. The minimum absolute atomic E-state index is 0.326. The molecule has 27 heavy (non-hydrogen) atoms. The maximum absolute atomic E-state index is 5.47. The van der Waals surface area contributed by atoms with Crippen LogP contribution in [0.4, 0.5) is 5.82 Å². The average molecular weight is 369 g/mol. The number of aromatic nitrogens is 1. The lowest BCUT2D eigenvalue weighted by molar-refractivity contribution is 0.122. The molecule has 0 unspecified atom stereocenters. The predicted octanol–water partition coefficient (Wildman–Crippen LogP) is 2.62. The van der Waals surface area contributed by atoms with E-state index in [9.17, 15) is 0 Å². The smallest absolute Gasteiger partial charge is 0.231 e. The van der Waals surface area contributed by atoms with Crippen molar-refractivity contribution in [3.8, 4) is 11.5 Å². The summed E-state index contributed by atoms with van der Waals surface area (Å²) in [4.78, 5) is 6.92. The van der Waals surface area contributed by atoms with Crippen molar-refractivity contribution in [3.63, 3.8) is 0 Å². The highest BCUT2D eigenvalue weighted by molar-refractivity contribution is 5.47. The standard InChI is InChI=1S/C21H27N3O3/c1-16(11-17-4-5-19-20(12-17)27-15-26-19)13-22-14-18-3-2-6-23-21(18)24-7-9-25-10-8-24/h2-6,12,16,22H,7-11,13-15H2,1H3/t16-/m1/s1. The lowest BCUT2D eigenvalue weighted by Gasteiger charge is -2.29. The molecule has 2 aliphatic rings.